The van der Waals surface area contributed by atoms with Crippen LogP contribution in [0, 0.1) is 5.92 Å². The first kappa shape index (κ1) is 15.2. The molecule has 0 aliphatic heterocycles. The van der Waals surface area contributed by atoms with E-state index in [0.717, 1.165) is 22.3 Å². The summed E-state index contributed by atoms with van der Waals surface area (Å²) >= 11 is 2.22. The molecule has 0 aromatic carbocycles. The minimum absolute atomic E-state index is 0.0624. The first-order valence-corrected chi connectivity index (χ1v) is 7.88. The van der Waals surface area contributed by atoms with Crippen LogP contribution in [-0.2, 0) is 4.79 Å². The number of carbonyl (C=O) groups is 1. The van der Waals surface area contributed by atoms with Gasteiger partial charge in [-0.2, -0.15) is 5.10 Å². The van der Waals surface area contributed by atoms with Gasteiger partial charge in [0.15, 0.2) is 12.1 Å². The van der Waals surface area contributed by atoms with Crippen LogP contribution in [0.2, 0.25) is 0 Å². The number of aliphatic hydroxyl groups excluding tert-OH is 1. The van der Waals surface area contributed by atoms with Crippen molar-refractivity contribution in [3.05, 3.63) is 27.6 Å². The molecule has 1 saturated carbocycles. The maximum absolute atomic E-state index is 11.1. The van der Waals surface area contributed by atoms with Gasteiger partial charge in [0, 0.05) is 0 Å². The summed E-state index contributed by atoms with van der Waals surface area (Å²) in [6.45, 7) is 0. The number of H-pyrrole nitrogens is 1. The zero-order valence-electron chi connectivity index (χ0n) is 11.2. The Morgan fingerprint density at radius 1 is 1.50 bits per heavy atom. The Labute approximate surface area is 131 Å². The van der Waals surface area contributed by atoms with E-state index in [1.807, 2.05) is 0 Å². The first-order valence-electron chi connectivity index (χ1n) is 6.81. The Morgan fingerprint density at radius 2 is 2.25 bits per heavy atom. The molecule has 0 atom stereocenters. The number of nitrogens with zero attached hydrogens (tertiary/aromatic N) is 2. The van der Waals surface area contributed by atoms with Crippen LogP contribution < -0.4 is 0 Å². The van der Waals surface area contributed by atoms with E-state index in [4.69, 9.17) is 0 Å². The summed E-state index contributed by atoms with van der Waals surface area (Å²) < 4.78 is 1.05. The number of nitrogens with one attached hydrogen (secondary N) is 1. The van der Waals surface area contributed by atoms with E-state index in [9.17, 15) is 9.90 Å². The SMILES string of the molecule is O=C/C(=C(O)/C=C(\I)CCC1CCCC1)c1ncn[nH]1. The zero-order chi connectivity index (χ0) is 14.4. The molecule has 1 fully saturated rings. The van der Waals surface area contributed by atoms with Gasteiger partial charge in [0.1, 0.15) is 17.7 Å². The number of allylic oxidation sites excluding steroid dienone is 3. The molecule has 2 N–H and O–H groups in total. The van der Waals surface area contributed by atoms with Gasteiger partial charge in [-0.15, -0.1) is 0 Å². The average Bonchev–Trinajstić information content (AvgIpc) is 3.10. The largest absolute Gasteiger partial charge is 0.507 e. The lowest BCUT2D eigenvalue weighted by Crippen LogP contribution is -1.95. The van der Waals surface area contributed by atoms with Gasteiger partial charge < -0.3 is 5.11 Å². The second-order valence-corrected chi connectivity index (χ2v) is 6.42. The molecule has 5 nitrogen and oxygen atoms in total. The summed E-state index contributed by atoms with van der Waals surface area (Å²) in [5.74, 6) is 1.04. The molecule has 1 aromatic rings. The third kappa shape index (κ3) is 4.16. The number of hydrogen-bond acceptors (Lipinski definition) is 4. The van der Waals surface area contributed by atoms with Gasteiger partial charge in [-0.25, -0.2) is 4.98 Å². The van der Waals surface area contributed by atoms with E-state index in [1.165, 1.54) is 32.0 Å². The van der Waals surface area contributed by atoms with Crippen molar-refractivity contribution >= 4 is 34.5 Å². The van der Waals surface area contributed by atoms with Gasteiger partial charge in [0.05, 0.1) is 0 Å². The molecule has 6 heteroatoms. The van der Waals surface area contributed by atoms with Crippen molar-refractivity contribution in [3.63, 3.8) is 0 Å². The predicted molar refractivity (Wildman–Crippen MR) is 85.3 cm³/mol. The van der Waals surface area contributed by atoms with Crippen LogP contribution in [0.1, 0.15) is 44.3 Å². The van der Waals surface area contributed by atoms with E-state index < -0.39 is 0 Å². The third-order valence-corrected chi connectivity index (χ3v) is 4.47. The molecule has 108 valence electrons. The molecule has 20 heavy (non-hydrogen) atoms. The fourth-order valence-corrected chi connectivity index (χ4v) is 3.12. The molecule has 0 spiro atoms. The molecule has 1 heterocycles. The molecular formula is C14H18IN3O2. The maximum atomic E-state index is 11.1. The van der Waals surface area contributed by atoms with Crippen molar-refractivity contribution in [2.75, 3.05) is 0 Å². The van der Waals surface area contributed by atoms with Gasteiger partial charge in [-0.05, 0) is 51.0 Å². The molecule has 2 rings (SSSR count). The molecule has 1 aliphatic rings. The predicted octanol–water partition coefficient (Wildman–Crippen LogP) is 3.56. The number of aromatic nitrogens is 3. The summed E-state index contributed by atoms with van der Waals surface area (Å²) in [6, 6.07) is 0. The number of hydrogen-bond donors (Lipinski definition) is 2. The lowest BCUT2D eigenvalue weighted by molar-refractivity contribution is -0.103. The van der Waals surface area contributed by atoms with Crippen LogP contribution in [0.3, 0.4) is 0 Å². The lowest BCUT2D eigenvalue weighted by atomic mass is 10.0. The summed E-state index contributed by atoms with van der Waals surface area (Å²) in [4.78, 5) is 14.9. The van der Waals surface area contributed by atoms with E-state index in [-0.39, 0.29) is 17.2 Å². The van der Waals surface area contributed by atoms with Crippen molar-refractivity contribution in [2.45, 2.75) is 38.5 Å². The summed E-state index contributed by atoms with van der Waals surface area (Å²) in [5, 5.41) is 16.3. The highest BCUT2D eigenvalue weighted by Gasteiger charge is 2.15. The number of halogens is 1. The van der Waals surface area contributed by atoms with Crippen molar-refractivity contribution in [1.82, 2.24) is 15.2 Å². The van der Waals surface area contributed by atoms with E-state index >= 15 is 0 Å². The summed E-state index contributed by atoms with van der Waals surface area (Å²) in [5.41, 5.74) is 0.137. The van der Waals surface area contributed by atoms with Gasteiger partial charge in [-0.3, -0.25) is 9.89 Å². The summed E-state index contributed by atoms with van der Waals surface area (Å²) in [7, 11) is 0. The number of aliphatic hydroxyl groups is 1. The fourth-order valence-electron chi connectivity index (χ4n) is 2.51. The van der Waals surface area contributed by atoms with Crippen molar-refractivity contribution < 1.29 is 9.90 Å². The van der Waals surface area contributed by atoms with Crippen molar-refractivity contribution in [1.29, 1.82) is 0 Å². The Morgan fingerprint density at radius 3 is 2.85 bits per heavy atom. The molecule has 1 aromatic heterocycles. The van der Waals surface area contributed by atoms with E-state index in [1.54, 1.807) is 6.08 Å². The lowest BCUT2D eigenvalue weighted by Gasteiger charge is -2.07. The van der Waals surface area contributed by atoms with Gasteiger partial charge in [0.2, 0.25) is 0 Å². The number of rotatable bonds is 6. The average molecular weight is 387 g/mol. The molecule has 0 radical (unpaired) electrons. The van der Waals surface area contributed by atoms with E-state index in [2.05, 4.69) is 37.8 Å². The minimum Gasteiger partial charge on any atom is -0.507 e. The maximum Gasteiger partial charge on any atom is 0.162 e. The van der Waals surface area contributed by atoms with Crippen LogP contribution in [0.5, 0.6) is 0 Å². The van der Waals surface area contributed by atoms with Gasteiger partial charge in [0.25, 0.3) is 0 Å². The highest BCUT2D eigenvalue weighted by molar-refractivity contribution is 14.1. The number of aldehydes is 1. The molecule has 0 bridgehead atoms. The van der Waals surface area contributed by atoms with Crippen LogP contribution in [0.4, 0.5) is 0 Å². The smallest absolute Gasteiger partial charge is 0.162 e. The second-order valence-electron chi connectivity index (χ2n) is 5.03. The second kappa shape index (κ2) is 7.56. The van der Waals surface area contributed by atoms with E-state index in [0.29, 0.717) is 6.29 Å². The molecular weight excluding hydrogens is 369 g/mol. The standard InChI is InChI=1S/C14H18IN3O2/c15-11(6-5-10-3-1-2-4-10)7-13(20)12(8-19)14-16-9-17-18-14/h7-10,20H,1-6H2,(H,16,17,18)/b11-7-,13-12+. The van der Waals surface area contributed by atoms with Gasteiger partial charge in [-0.1, -0.05) is 25.7 Å². The monoisotopic (exact) mass is 387 g/mol. The number of carbonyl (C=O) groups excluding carboxylic acids is 1. The van der Waals surface area contributed by atoms with Crippen LogP contribution >= 0.6 is 22.6 Å². The third-order valence-electron chi connectivity index (χ3n) is 3.62. The van der Waals surface area contributed by atoms with Crippen LogP contribution in [0.25, 0.3) is 5.57 Å². The molecule has 1 aliphatic carbocycles. The van der Waals surface area contributed by atoms with Crippen molar-refractivity contribution in [2.24, 2.45) is 5.92 Å². The highest BCUT2D eigenvalue weighted by Crippen LogP contribution is 2.31. The topological polar surface area (TPSA) is 78.9 Å². The zero-order valence-corrected chi connectivity index (χ0v) is 13.3. The Hall–Kier alpha value is -1.18. The quantitative estimate of drug-likeness (QED) is 0.257. The highest BCUT2D eigenvalue weighted by atomic mass is 127. The Kier molecular flexibility index (Phi) is 5.75. The first-order chi connectivity index (χ1) is 9.70. The van der Waals surface area contributed by atoms with Crippen molar-refractivity contribution in [3.8, 4) is 0 Å². The Balaban J connectivity index is 2.01. The Bertz CT molecular complexity index is 502. The fraction of sp³-hybridized carbons (Fsp3) is 0.500. The van der Waals surface area contributed by atoms with Gasteiger partial charge >= 0.3 is 0 Å². The molecule has 0 unspecified atom stereocenters. The molecule has 0 saturated heterocycles. The number of aromatic amines is 1. The molecule has 0 amide bonds. The normalized spacial score (nSPS) is 18.1. The minimum atomic E-state index is -0.0624. The van der Waals surface area contributed by atoms with Crippen LogP contribution in [-0.4, -0.2) is 26.6 Å². The summed E-state index contributed by atoms with van der Waals surface area (Å²) in [6.07, 6.45) is 11.0. The van der Waals surface area contributed by atoms with Crippen LogP contribution in [0.15, 0.2) is 21.7 Å².